The van der Waals surface area contributed by atoms with E-state index in [2.05, 4.69) is 10.6 Å². The van der Waals surface area contributed by atoms with Gasteiger partial charge in [0.1, 0.15) is 5.82 Å². The number of benzene rings is 2. The number of halogens is 1. The van der Waals surface area contributed by atoms with Crippen molar-refractivity contribution in [2.45, 2.75) is 6.42 Å². The van der Waals surface area contributed by atoms with E-state index in [1.807, 2.05) is 6.07 Å². The summed E-state index contributed by atoms with van der Waals surface area (Å²) >= 11 is 0. The molecular weight excluding hydrogens is 271 g/mol. The summed E-state index contributed by atoms with van der Waals surface area (Å²) in [5.41, 5.74) is 1.23. The van der Waals surface area contributed by atoms with Crippen molar-refractivity contribution in [2.24, 2.45) is 0 Å². The fourth-order valence-electron chi connectivity index (χ4n) is 1.80. The zero-order valence-electron chi connectivity index (χ0n) is 11.3. The Kier molecular flexibility index (Phi) is 5.04. The first-order valence-corrected chi connectivity index (χ1v) is 6.49. The first-order chi connectivity index (χ1) is 10.1. The Balaban J connectivity index is 1.77. The summed E-state index contributed by atoms with van der Waals surface area (Å²) in [6.07, 6.45) is 0.0381. The number of rotatable bonds is 5. The van der Waals surface area contributed by atoms with Gasteiger partial charge in [0.15, 0.2) is 0 Å². The lowest BCUT2D eigenvalue weighted by atomic mass is 10.1. The van der Waals surface area contributed by atoms with Crippen molar-refractivity contribution >= 4 is 17.5 Å². The summed E-state index contributed by atoms with van der Waals surface area (Å²) in [6.45, 7) is -0.122. The second-order valence-electron chi connectivity index (χ2n) is 4.50. The zero-order chi connectivity index (χ0) is 15.1. The van der Waals surface area contributed by atoms with Crippen LogP contribution in [-0.2, 0) is 16.0 Å². The van der Waals surface area contributed by atoms with E-state index in [1.54, 1.807) is 36.4 Å². The lowest BCUT2D eigenvalue weighted by molar-refractivity contribution is -0.123. The number of anilines is 1. The second-order valence-corrected chi connectivity index (χ2v) is 4.50. The minimum atomic E-state index is -0.387. The predicted molar refractivity (Wildman–Crippen MR) is 78.2 cm³/mol. The van der Waals surface area contributed by atoms with Crippen molar-refractivity contribution in [3.05, 3.63) is 66.0 Å². The molecule has 2 aromatic carbocycles. The van der Waals surface area contributed by atoms with Gasteiger partial charge in [-0.05, 0) is 29.8 Å². The molecule has 4 nitrogen and oxygen atoms in total. The number of para-hydroxylation sites is 1. The largest absolute Gasteiger partial charge is 0.347 e. The molecule has 2 aromatic rings. The van der Waals surface area contributed by atoms with Crippen LogP contribution in [0.2, 0.25) is 0 Å². The molecule has 5 heteroatoms. The molecule has 2 amide bonds. The number of amides is 2. The Morgan fingerprint density at radius 3 is 2.43 bits per heavy atom. The fraction of sp³-hybridized carbons (Fsp3) is 0.125. The fourth-order valence-corrected chi connectivity index (χ4v) is 1.80. The molecule has 2 N–H and O–H groups in total. The molecule has 0 aliphatic rings. The van der Waals surface area contributed by atoms with Crippen LogP contribution in [0.1, 0.15) is 5.56 Å². The summed E-state index contributed by atoms with van der Waals surface area (Å²) in [7, 11) is 0. The normalized spacial score (nSPS) is 9.95. The monoisotopic (exact) mass is 286 g/mol. The van der Waals surface area contributed by atoms with Crippen LogP contribution < -0.4 is 10.6 Å². The van der Waals surface area contributed by atoms with Gasteiger partial charge in [-0.2, -0.15) is 0 Å². The minimum absolute atomic E-state index is 0.0381. The maximum absolute atomic E-state index is 13.0. The predicted octanol–water partition coefficient (Wildman–Crippen LogP) is 2.12. The Labute approximate surface area is 122 Å². The number of hydrogen-bond donors (Lipinski definition) is 2. The number of hydrogen-bond acceptors (Lipinski definition) is 2. The number of carbonyl (C=O) groups is 2. The van der Waals surface area contributed by atoms with Crippen molar-refractivity contribution in [3.63, 3.8) is 0 Å². The molecule has 108 valence electrons. The molecule has 0 saturated heterocycles. The van der Waals surface area contributed by atoms with Crippen LogP contribution in [0.4, 0.5) is 10.1 Å². The molecule has 0 aliphatic carbocycles. The van der Waals surface area contributed by atoms with Crippen LogP contribution >= 0.6 is 0 Å². The van der Waals surface area contributed by atoms with E-state index >= 15 is 0 Å². The van der Waals surface area contributed by atoms with E-state index < -0.39 is 0 Å². The van der Waals surface area contributed by atoms with Gasteiger partial charge in [0.05, 0.1) is 13.0 Å². The summed E-state index contributed by atoms with van der Waals surface area (Å²) < 4.78 is 13.0. The van der Waals surface area contributed by atoms with Gasteiger partial charge in [-0.3, -0.25) is 9.59 Å². The van der Waals surface area contributed by atoms with Gasteiger partial charge in [0.25, 0.3) is 0 Å². The molecule has 0 heterocycles. The van der Waals surface area contributed by atoms with E-state index in [0.29, 0.717) is 11.3 Å². The van der Waals surface area contributed by atoms with Crippen LogP contribution in [0.25, 0.3) is 0 Å². The van der Waals surface area contributed by atoms with Crippen molar-refractivity contribution < 1.29 is 14.0 Å². The summed E-state index contributed by atoms with van der Waals surface area (Å²) in [4.78, 5) is 23.3. The molecule has 0 aromatic heterocycles. The van der Waals surface area contributed by atoms with E-state index in [0.717, 1.165) is 0 Å². The summed E-state index contributed by atoms with van der Waals surface area (Å²) in [5, 5.41) is 5.15. The molecule has 0 saturated carbocycles. The second kappa shape index (κ2) is 7.19. The number of carbonyl (C=O) groups excluding carboxylic acids is 2. The van der Waals surface area contributed by atoms with Gasteiger partial charge in [-0.1, -0.05) is 30.3 Å². The lowest BCUT2D eigenvalue weighted by Gasteiger charge is -2.07. The average Bonchev–Trinajstić information content (AvgIpc) is 2.46. The van der Waals surface area contributed by atoms with Crippen LogP contribution in [-0.4, -0.2) is 18.4 Å². The van der Waals surface area contributed by atoms with Crippen molar-refractivity contribution in [1.29, 1.82) is 0 Å². The Bertz CT molecular complexity index is 629. The van der Waals surface area contributed by atoms with E-state index in [9.17, 15) is 14.0 Å². The highest BCUT2D eigenvalue weighted by molar-refractivity contribution is 5.94. The van der Waals surface area contributed by atoms with Gasteiger partial charge in [0.2, 0.25) is 11.8 Å². The van der Waals surface area contributed by atoms with Crippen LogP contribution in [0.5, 0.6) is 0 Å². The third-order valence-electron chi connectivity index (χ3n) is 2.76. The van der Waals surface area contributed by atoms with Gasteiger partial charge in [0, 0.05) is 5.69 Å². The highest BCUT2D eigenvalue weighted by atomic mass is 19.1. The quantitative estimate of drug-likeness (QED) is 0.884. The van der Waals surface area contributed by atoms with E-state index in [1.165, 1.54) is 12.1 Å². The zero-order valence-corrected chi connectivity index (χ0v) is 11.3. The topological polar surface area (TPSA) is 58.2 Å². The molecular formula is C16H15FN2O2. The SMILES string of the molecule is O=C(Cc1cccc(F)c1)NCC(=O)Nc1ccccc1. The van der Waals surface area contributed by atoms with Crippen molar-refractivity contribution in [3.8, 4) is 0 Å². The minimum Gasteiger partial charge on any atom is -0.347 e. The van der Waals surface area contributed by atoms with Crippen LogP contribution in [0, 0.1) is 5.82 Å². The molecule has 0 atom stereocenters. The molecule has 0 unspecified atom stereocenters. The van der Waals surface area contributed by atoms with Crippen LogP contribution in [0.3, 0.4) is 0 Å². The van der Waals surface area contributed by atoms with Gasteiger partial charge in [-0.25, -0.2) is 4.39 Å². The highest BCUT2D eigenvalue weighted by Crippen LogP contribution is 2.05. The molecule has 21 heavy (non-hydrogen) atoms. The Hall–Kier alpha value is -2.69. The first-order valence-electron chi connectivity index (χ1n) is 6.49. The van der Waals surface area contributed by atoms with Gasteiger partial charge in [-0.15, -0.1) is 0 Å². The van der Waals surface area contributed by atoms with E-state index in [4.69, 9.17) is 0 Å². The highest BCUT2D eigenvalue weighted by Gasteiger charge is 2.07. The Morgan fingerprint density at radius 1 is 0.952 bits per heavy atom. The molecule has 0 spiro atoms. The standard InChI is InChI=1S/C16H15FN2O2/c17-13-6-4-5-12(9-13)10-15(20)18-11-16(21)19-14-7-2-1-3-8-14/h1-9H,10-11H2,(H,18,20)(H,19,21). The van der Waals surface area contributed by atoms with Crippen molar-refractivity contribution in [1.82, 2.24) is 5.32 Å². The molecule has 2 rings (SSSR count). The molecule has 0 aliphatic heterocycles. The van der Waals surface area contributed by atoms with Crippen molar-refractivity contribution in [2.75, 3.05) is 11.9 Å². The summed E-state index contributed by atoms with van der Waals surface area (Å²) in [6, 6.07) is 14.8. The Morgan fingerprint density at radius 2 is 1.71 bits per heavy atom. The first kappa shape index (κ1) is 14.7. The third kappa shape index (κ3) is 5.06. The molecule has 0 fully saturated rings. The lowest BCUT2D eigenvalue weighted by Crippen LogP contribution is -2.33. The molecule has 0 bridgehead atoms. The smallest absolute Gasteiger partial charge is 0.243 e. The van der Waals surface area contributed by atoms with E-state index in [-0.39, 0.29) is 30.6 Å². The maximum atomic E-state index is 13.0. The van der Waals surface area contributed by atoms with Crippen LogP contribution in [0.15, 0.2) is 54.6 Å². The maximum Gasteiger partial charge on any atom is 0.243 e. The molecule has 0 radical (unpaired) electrons. The third-order valence-corrected chi connectivity index (χ3v) is 2.76. The average molecular weight is 286 g/mol. The van der Waals surface area contributed by atoms with Gasteiger partial charge >= 0.3 is 0 Å². The summed E-state index contributed by atoms with van der Waals surface area (Å²) in [5.74, 6) is -1.03. The number of nitrogens with one attached hydrogen (secondary N) is 2. The van der Waals surface area contributed by atoms with Gasteiger partial charge < -0.3 is 10.6 Å².